The van der Waals surface area contributed by atoms with Gasteiger partial charge >= 0.3 is 4.87 Å². The van der Waals surface area contributed by atoms with Crippen molar-refractivity contribution in [1.29, 1.82) is 0 Å². The van der Waals surface area contributed by atoms with E-state index in [0.717, 1.165) is 23.4 Å². The van der Waals surface area contributed by atoms with Gasteiger partial charge in [0.25, 0.3) is 0 Å². The van der Waals surface area contributed by atoms with Crippen molar-refractivity contribution in [3.8, 4) is 0 Å². The Labute approximate surface area is 142 Å². The minimum absolute atomic E-state index is 0.0116. The van der Waals surface area contributed by atoms with Crippen LogP contribution in [0.5, 0.6) is 0 Å². The third-order valence-electron chi connectivity index (χ3n) is 4.49. The first-order valence-electron chi connectivity index (χ1n) is 8.25. The highest BCUT2D eigenvalue weighted by Gasteiger charge is 2.38. The summed E-state index contributed by atoms with van der Waals surface area (Å²) in [7, 11) is 0. The van der Waals surface area contributed by atoms with Crippen LogP contribution in [0.3, 0.4) is 0 Å². The zero-order valence-corrected chi connectivity index (χ0v) is 15.9. The average Bonchev–Trinajstić information content (AvgIpc) is 2.57. The van der Waals surface area contributed by atoms with E-state index in [0.29, 0.717) is 13.0 Å². The summed E-state index contributed by atoms with van der Waals surface area (Å²) in [5.41, 5.74) is 0.993. The zero-order chi connectivity index (χ0) is 17.4. The SMILES string of the molecule is Cc1sc(=O)n(CCC(=O)NC2CC(C)(C)NC(C)(C)C2)c1C. The third kappa shape index (κ3) is 4.67. The fourth-order valence-corrected chi connectivity index (χ4v) is 4.64. The number of nitrogens with one attached hydrogen (secondary N) is 2. The molecule has 1 aromatic heterocycles. The maximum absolute atomic E-state index is 12.3. The first-order chi connectivity index (χ1) is 10.5. The molecule has 23 heavy (non-hydrogen) atoms. The Morgan fingerprint density at radius 2 is 1.83 bits per heavy atom. The Morgan fingerprint density at radius 1 is 1.26 bits per heavy atom. The highest BCUT2D eigenvalue weighted by Crippen LogP contribution is 2.28. The quantitative estimate of drug-likeness (QED) is 0.885. The van der Waals surface area contributed by atoms with Crippen LogP contribution >= 0.6 is 11.3 Å². The Bertz CT molecular complexity index is 627. The molecule has 0 bridgehead atoms. The van der Waals surface area contributed by atoms with E-state index in [2.05, 4.69) is 38.3 Å². The van der Waals surface area contributed by atoms with E-state index in [1.54, 1.807) is 4.57 Å². The maximum Gasteiger partial charge on any atom is 0.307 e. The van der Waals surface area contributed by atoms with Crippen LogP contribution in [0.25, 0.3) is 0 Å². The summed E-state index contributed by atoms with van der Waals surface area (Å²) in [4.78, 5) is 25.2. The number of thiazole rings is 1. The van der Waals surface area contributed by atoms with Crippen LogP contribution < -0.4 is 15.5 Å². The molecule has 1 fully saturated rings. The molecule has 2 rings (SSSR count). The smallest absolute Gasteiger partial charge is 0.307 e. The van der Waals surface area contributed by atoms with Crippen LogP contribution in [-0.4, -0.2) is 27.6 Å². The molecular formula is C17H29N3O2S. The molecule has 0 aromatic carbocycles. The zero-order valence-electron chi connectivity index (χ0n) is 15.1. The number of carbonyl (C=O) groups is 1. The number of hydrogen-bond donors (Lipinski definition) is 2. The number of aromatic nitrogens is 1. The Morgan fingerprint density at radius 3 is 2.30 bits per heavy atom. The van der Waals surface area contributed by atoms with Gasteiger partial charge in [0.15, 0.2) is 0 Å². The molecule has 130 valence electrons. The fourth-order valence-electron chi connectivity index (χ4n) is 3.78. The molecule has 6 heteroatoms. The molecule has 2 heterocycles. The van der Waals surface area contributed by atoms with Crippen molar-refractivity contribution in [2.45, 2.75) is 84.5 Å². The monoisotopic (exact) mass is 339 g/mol. The second-order valence-electron chi connectivity index (χ2n) is 7.98. The van der Waals surface area contributed by atoms with Gasteiger partial charge in [-0.25, -0.2) is 0 Å². The lowest BCUT2D eigenvalue weighted by Gasteiger charge is -2.46. The molecule has 0 spiro atoms. The lowest BCUT2D eigenvalue weighted by Crippen LogP contribution is -2.62. The van der Waals surface area contributed by atoms with Gasteiger partial charge < -0.3 is 15.2 Å². The minimum Gasteiger partial charge on any atom is -0.353 e. The standard InChI is InChI=1S/C17H29N3O2S/c1-11-12(2)23-15(22)20(11)8-7-14(21)18-13-9-16(3,4)19-17(5,6)10-13/h13,19H,7-10H2,1-6H3,(H,18,21). The molecule has 0 atom stereocenters. The summed E-state index contributed by atoms with van der Waals surface area (Å²) in [6.45, 7) is 13.0. The summed E-state index contributed by atoms with van der Waals surface area (Å²) in [5.74, 6) is 0.0265. The highest BCUT2D eigenvalue weighted by atomic mass is 32.1. The van der Waals surface area contributed by atoms with Crippen LogP contribution in [0.15, 0.2) is 4.79 Å². The first kappa shape index (κ1) is 18.2. The van der Waals surface area contributed by atoms with Crippen molar-refractivity contribution in [2.75, 3.05) is 0 Å². The second-order valence-corrected chi connectivity index (χ2v) is 9.14. The normalized spacial score (nSPS) is 20.4. The summed E-state index contributed by atoms with van der Waals surface area (Å²) in [6, 6.07) is 0.177. The van der Waals surface area contributed by atoms with Gasteiger partial charge in [0.1, 0.15) is 0 Å². The van der Waals surface area contributed by atoms with Crippen molar-refractivity contribution in [3.05, 3.63) is 20.2 Å². The molecule has 1 amide bonds. The van der Waals surface area contributed by atoms with Gasteiger partial charge in [0.05, 0.1) is 0 Å². The average molecular weight is 340 g/mol. The topological polar surface area (TPSA) is 63.1 Å². The molecular weight excluding hydrogens is 310 g/mol. The molecule has 1 aliphatic heterocycles. The highest BCUT2D eigenvalue weighted by molar-refractivity contribution is 7.09. The number of rotatable bonds is 4. The molecule has 1 aliphatic rings. The molecule has 2 N–H and O–H groups in total. The van der Waals surface area contributed by atoms with E-state index in [9.17, 15) is 9.59 Å². The number of carbonyl (C=O) groups excluding carboxylic acids is 1. The van der Waals surface area contributed by atoms with Crippen LogP contribution in [0.2, 0.25) is 0 Å². The van der Waals surface area contributed by atoms with E-state index in [-0.39, 0.29) is 27.9 Å². The fraction of sp³-hybridized carbons (Fsp3) is 0.765. The van der Waals surface area contributed by atoms with Crippen LogP contribution in [-0.2, 0) is 11.3 Å². The van der Waals surface area contributed by atoms with Crippen LogP contribution in [0.4, 0.5) is 0 Å². The largest absolute Gasteiger partial charge is 0.353 e. The molecule has 0 saturated carbocycles. The van der Waals surface area contributed by atoms with E-state index < -0.39 is 0 Å². The second kappa shape index (κ2) is 6.40. The van der Waals surface area contributed by atoms with Crippen molar-refractivity contribution >= 4 is 17.2 Å². The lowest BCUT2D eigenvalue weighted by molar-refractivity contribution is -0.122. The van der Waals surface area contributed by atoms with Gasteiger partial charge in [-0.3, -0.25) is 9.59 Å². The predicted octanol–water partition coefficient (Wildman–Crippen LogP) is 2.34. The lowest BCUT2D eigenvalue weighted by atomic mass is 9.79. The van der Waals surface area contributed by atoms with Gasteiger partial charge in [0, 0.05) is 40.7 Å². The summed E-state index contributed by atoms with van der Waals surface area (Å²) in [5, 5.41) is 6.77. The van der Waals surface area contributed by atoms with Gasteiger partial charge in [-0.2, -0.15) is 0 Å². The van der Waals surface area contributed by atoms with Gasteiger partial charge in [-0.15, -0.1) is 0 Å². The predicted molar refractivity (Wildman–Crippen MR) is 95.1 cm³/mol. The van der Waals surface area contributed by atoms with E-state index in [1.807, 2.05) is 13.8 Å². The van der Waals surface area contributed by atoms with Crippen molar-refractivity contribution in [3.63, 3.8) is 0 Å². The van der Waals surface area contributed by atoms with Crippen molar-refractivity contribution < 1.29 is 4.79 Å². The molecule has 0 aliphatic carbocycles. The Kier molecular flexibility index (Phi) is 5.06. The summed E-state index contributed by atoms with van der Waals surface area (Å²) < 4.78 is 1.70. The third-order valence-corrected chi connectivity index (χ3v) is 5.49. The van der Waals surface area contributed by atoms with E-state index >= 15 is 0 Å². The first-order valence-corrected chi connectivity index (χ1v) is 9.06. The molecule has 0 unspecified atom stereocenters. The van der Waals surface area contributed by atoms with E-state index in [4.69, 9.17) is 0 Å². The van der Waals surface area contributed by atoms with Crippen LogP contribution in [0.1, 0.15) is 57.5 Å². The number of piperidine rings is 1. The van der Waals surface area contributed by atoms with E-state index in [1.165, 1.54) is 11.3 Å². The molecule has 0 radical (unpaired) electrons. The van der Waals surface area contributed by atoms with Crippen LogP contribution in [0, 0.1) is 13.8 Å². The molecule has 1 saturated heterocycles. The van der Waals surface area contributed by atoms with Gasteiger partial charge in [-0.1, -0.05) is 11.3 Å². The molecule has 1 aromatic rings. The number of nitrogens with zero attached hydrogens (tertiary/aromatic N) is 1. The number of hydrogen-bond acceptors (Lipinski definition) is 4. The van der Waals surface area contributed by atoms with Gasteiger partial charge in [0.2, 0.25) is 5.91 Å². The molecule has 5 nitrogen and oxygen atoms in total. The number of amides is 1. The van der Waals surface area contributed by atoms with Crippen molar-refractivity contribution in [2.24, 2.45) is 0 Å². The van der Waals surface area contributed by atoms with Crippen molar-refractivity contribution in [1.82, 2.24) is 15.2 Å². The minimum atomic E-state index is 0.0116. The number of aryl methyl sites for hydroxylation is 1. The summed E-state index contributed by atoms with van der Waals surface area (Å²) in [6.07, 6.45) is 2.18. The Hall–Kier alpha value is -1.14. The maximum atomic E-state index is 12.3. The van der Waals surface area contributed by atoms with Gasteiger partial charge in [-0.05, 0) is 54.4 Å². The summed E-state index contributed by atoms with van der Waals surface area (Å²) >= 11 is 1.25. The Balaban J connectivity index is 1.93.